The number of nitrogens with one attached hydrogen (secondary N) is 4. The minimum Gasteiger partial charge on any atom is -0.477 e. The van der Waals surface area contributed by atoms with Crippen molar-refractivity contribution in [1.82, 2.24) is 25.4 Å². The van der Waals surface area contributed by atoms with Gasteiger partial charge in [-0.3, -0.25) is 14.4 Å². The van der Waals surface area contributed by atoms with E-state index in [1.807, 2.05) is 30.3 Å². The van der Waals surface area contributed by atoms with Gasteiger partial charge in [0.15, 0.2) is 0 Å². The highest BCUT2D eigenvalue weighted by Gasteiger charge is 2.32. The van der Waals surface area contributed by atoms with E-state index in [1.54, 1.807) is 60.6 Å². The molecule has 0 radical (unpaired) electrons. The Balaban J connectivity index is 1.01. The lowest BCUT2D eigenvalue weighted by Crippen LogP contribution is -2.55. The molecule has 2 saturated heterocycles. The molecule has 4 amide bonds. The molecule has 6 rings (SSSR count). The maximum atomic E-state index is 15.4. The van der Waals surface area contributed by atoms with Crippen LogP contribution in [0, 0.1) is 17.7 Å². The molecule has 2 atom stereocenters. The first-order chi connectivity index (χ1) is 29.8. The van der Waals surface area contributed by atoms with E-state index in [9.17, 15) is 33.9 Å². The largest absolute Gasteiger partial charge is 0.477 e. The molecule has 3 aromatic carbocycles. The lowest BCUT2D eigenvalue weighted by atomic mass is 9.90. The van der Waals surface area contributed by atoms with Crippen molar-refractivity contribution in [3.63, 3.8) is 0 Å². The fraction of sp³-hybridized carbons (Fsp3) is 0.422. The number of hydrogen-bond donors (Lipinski definition) is 5. The van der Waals surface area contributed by atoms with Gasteiger partial charge >= 0.3 is 18.2 Å². The quantitative estimate of drug-likeness (QED) is 0.107. The topological polar surface area (TPSA) is 201 Å². The van der Waals surface area contributed by atoms with Gasteiger partial charge in [-0.1, -0.05) is 56.3 Å². The Labute approximate surface area is 358 Å². The summed E-state index contributed by atoms with van der Waals surface area (Å²) in [5.41, 5.74) is 1.44. The number of nitrogens with zero attached hydrogens (tertiary/aromatic N) is 3. The van der Waals surface area contributed by atoms with Crippen LogP contribution in [-0.2, 0) is 38.8 Å². The fourth-order valence-electron chi connectivity index (χ4n) is 7.71. The first-order valence-corrected chi connectivity index (χ1v) is 21.0. The number of ether oxygens (including phenoxy) is 2. The van der Waals surface area contributed by atoms with Crippen molar-refractivity contribution in [2.45, 2.75) is 71.9 Å². The number of aromatic nitrogens is 1. The van der Waals surface area contributed by atoms with E-state index >= 15 is 4.39 Å². The lowest BCUT2D eigenvalue weighted by molar-refractivity contribution is -0.129. The fourth-order valence-corrected chi connectivity index (χ4v) is 7.71. The van der Waals surface area contributed by atoms with Crippen molar-refractivity contribution in [1.29, 1.82) is 0 Å². The number of aromatic carboxylic acids is 1. The number of fused-ring (bicyclic) bond motifs is 1. The molecule has 1 aromatic heterocycles. The SMILES string of the molecule is CCn1cc(C(=O)O)c(=O)c2cc(F)c(N3CCN(C(=O)OCc4ccc(NC(=O)C(CC5CCNCC5)NC(=O)C(NC(=O)OCc5ccccc5)C(C)C)cc4)CC3)cc21. The molecule has 2 aliphatic rings. The van der Waals surface area contributed by atoms with Gasteiger partial charge < -0.3 is 50.2 Å². The van der Waals surface area contributed by atoms with E-state index in [1.165, 1.54) is 11.1 Å². The summed E-state index contributed by atoms with van der Waals surface area (Å²) >= 11 is 0. The third kappa shape index (κ3) is 11.5. The third-order valence-electron chi connectivity index (χ3n) is 11.3. The van der Waals surface area contributed by atoms with Gasteiger partial charge in [-0.05, 0) is 86.5 Å². The summed E-state index contributed by atoms with van der Waals surface area (Å²) in [6.45, 7) is 8.49. The molecule has 62 heavy (non-hydrogen) atoms. The minimum absolute atomic E-state index is 0.0175. The molecule has 16 nitrogen and oxygen atoms in total. The Bertz CT molecular complexity index is 2290. The zero-order valence-corrected chi connectivity index (χ0v) is 35.2. The van der Waals surface area contributed by atoms with Crippen LogP contribution < -0.4 is 31.6 Å². The number of benzene rings is 3. The van der Waals surface area contributed by atoms with Crippen LogP contribution in [0.15, 0.2) is 77.7 Å². The minimum atomic E-state index is -1.38. The molecule has 5 N–H and O–H groups in total. The Morgan fingerprint density at radius 2 is 1.53 bits per heavy atom. The number of rotatable bonds is 15. The summed E-state index contributed by atoms with van der Waals surface area (Å²) in [6, 6.07) is 16.8. The van der Waals surface area contributed by atoms with Gasteiger partial charge in [-0.15, -0.1) is 0 Å². The molecule has 3 heterocycles. The number of hydrogen-bond acceptors (Lipinski definition) is 10. The number of amides is 4. The summed E-state index contributed by atoms with van der Waals surface area (Å²) < 4.78 is 27.9. The van der Waals surface area contributed by atoms with Crippen molar-refractivity contribution >= 4 is 52.2 Å². The maximum Gasteiger partial charge on any atom is 0.410 e. The zero-order chi connectivity index (χ0) is 44.3. The molecule has 17 heteroatoms. The van der Waals surface area contributed by atoms with Crippen molar-refractivity contribution in [3.8, 4) is 0 Å². The van der Waals surface area contributed by atoms with Crippen molar-refractivity contribution in [2.75, 3.05) is 49.5 Å². The molecule has 0 saturated carbocycles. The molecular weight excluding hydrogens is 802 g/mol. The predicted molar refractivity (Wildman–Crippen MR) is 230 cm³/mol. The number of carbonyl (C=O) groups is 5. The number of pyridine rings is 1. The Morgan fingerprint density at radius 1 is 0.871 bits per heavy atom. The first-order valence-electron chi connectivity index (χ1n) is 21.0. The van der Waals surface area contributed by atoms with Crippen molar-refractivity contribution in [2.24, 2.45) is 11.8 Å². The van der Waals surface area contributed by atoms with E-state index in [0.717, 1.165) is 37.6 Å². The van der Waals surface area contributed by atoms with Crippen LogP contribution in [0.4, 0.5) is 25.4 Å². The van der Waals surface area contributed by atoms with E-state index in [2.05, 4.69) is 21.3 Å². The van der Waals surface area contributed by atoms with Crippen LogP contribution in [0.3, 0.4) is 0 Å². The number of carboxylic acids is 1. The van der Waals surface area contributed by atoms with Gasteiger partial charge in [-0.2, -0.15) is 0 Å². The molecule has 2 aliphatic heterocycles. The number of carbonyl (C=O) groups excluding carboxylic acids is 4. The van der Waals surface area contributed by atoms with Crippen LogP contribution in [-0.4, -0.2) is 95.9 Å². The Morgan fingerprint density at radius 3 is 2.18 bits per heavy atom. The molecule has 330 valence electrons. The number of alkyl carbamates (subject to hydrolysis) is 1. The normalized spacial score (nSPS) is 15.4. The summed E-state index contributed by atoms with van der Waals surface area (Å²) in [5, 5.41) is 21.2. The predicted octanol–water partition coefficient (Wildman–Crippen LogP) is 5.08. The second-order valence-corrected chi connectivity index (χ2v) is 15.9. The molecule has 0 spiro atoms. The third-order valence-corrected chi connectivity index (χ3v) is 11.3. The molecule has 2 fully saturated rings. The monoisotopic (exact) mass is 855 g/mol. The number of aryl methyl sites for hydroxylation is 1. The number of halogens is 1. The summed E-state index contributed by atoms with van der Waals surface area (Å²) in [4.78, 5) is 80.8. The number of piperidine rings is 1. The van der Waals surface area contributed by atoms with E-state index < -0.39 is 58.9 Å². The summed E-state index contributed by atoms with van der Waals surface area (Å²) in [6.07, 6.45) is 2.10. The Kier molecular flexibility index (Phi) is 15.2. The smallest absolute Gasteiger partial charge is 0.410 e. The van der Waals surface area contributed by atoms with Crippen LogP contribution >= 0.6 is 0 Å². The summed E-state index contributed by atoms with van der Waals surface area (Å²) in [7, 11) is 0. The van der Waals surface area contributed by atoms with Gasteiger partial charge in [-0.25, -0.2) is 18.8 Å². The highest BCUT2D eigenvalue weighted by Crippen LogP contribution is 2.27. The average Bonchev–Trinajstić information content (AvgIpc) is 3.27. The van der Waals surface area contributed by atoms with Gasteiger partial charge in [0.05, 0.1) is 11.2 Å². The lowest BCUT2D eigenvalue weighted by Gasteiger charge is -2.35. The van der Waals surface area contributed by atoms with Gasteiger partial charge in [0, 0.05) is 50.0 Å². The van der Waals surface area contributed by atoms with E-state index in [0.29, 0.717) is 42.8 Å². The maximum absolute atomic E-state index is 15.4. The average molecular weight is 856 g/mol. The second kappa shape index (κ2) is 20.9. The van der Waals surface area contributed by atoms with Crippen LogP contribution in [0.1, 0.15) is 61.5 Å². The standard InChI is InChI=1S/C45H54FN7O9/c1-4-51-25-34(43(57)58)40(54)33-23-35(46)38(24-37(33)51)52-18-20-53(21-19-52)45(60)62-27-31-10-12-32(13-11-31)48-41(55)36(22-29-14-16-47-17-15-29)49-42(56)39(28(2)3)50-44(59)61-26-30-8-6-5-7-9-30/h5-13,23-25,28-29,36,39,47H,4,14-22,26-27H2,1-3H3,(H,48,55)(H,49,56)(H,50,59)(H,57,58). The molecule has 4 aromatic rings. The molecule has 0 bridgehead atoms. The number of anilines is 2. The first kappa shape index (κ1) is 45.0. The number of piperazine rings is 1. The second-order valence-electron chi connectivity index (χ2n) is 15.9. The van der Waals surface area contributed by atoms with E-state index in [4.69, 9.17) is 9.47 Å². The zero-order valence-electron chi connectivity index (χ0n) is 35.2. The molecular formula is C45H54FN7O9. The van der Waals surface area contributed by atoms with Gasteiger partial charge in [0.2, 0.25) is 17.2 Å². The van der Waals surface area contributed by atoms with Crippen LogP contribution in [0.2, 0.25) is 0 Å². The van der Waals surface area contributed by atoms with Gasteiger partial charge in [0.25, 0.3) is 0 Å². The van der Waals surface area contributed by atoms with Crippen molar-refractivity contribution in [3.05, 3.63) is 106 Å². The van der Waals surface area contributed by atoms with Crippen LogP contribution in [0.25, 0.3) is 10.9 Å². The van der Waals surface area contributed by atoms with Crippen LogP contribution in [0.5, 0.6) is 0 Å². The molecule has 2 unspecified atom stereocenters. The number of carboxylic acid groups (broad SMARTS) is 1. The van der Waals surface area contributed by atoms with E-state index in [-0.39, 0.29) is 49.2 Å². The Hall–Kier alpha value is -6.49. The van der Waals surface area contributed by atoms with Gasteiger partial charge in [0.1, 0.15) is 36.7 Å². The highest BCUT2D eigenvalue weighted by atomic mass is 19.1. The molecule has 0 aliphatic carbocycles. The van der Waals surface area contributed by atoms with Crippen molar-refractivity contribution < 1.29 is 42.9 Å². The highest BCUT2D eigenvalue weighted by molar-refractivity contribution is 5.98. The summed E-state index contributed by atoms with van der Waals surface area (Å²) in [5.74, 6) is -3.04.